The zero-order valence-electron chi connectivity index (χ0n) is 21.6. The second-order valence-corrected chi connectivity index (χ2v) is 12.2. The van der Waals surface area contributed by atoms with E-state index < -0.39 is 33.3 Å². The molecule has 0 aliphatic carbocycles. The van der Waals surface area contributed by atoms with E-state index in [2.05, 4.69) is 24.7 Å². The van der Waals surface area contributed by atoms with Crippen LogP contribution in [0.25, 0.3) is 21.8 Å². The summed E-state index contributed by atoms with van der Waals surface area (Å²) < 4.78 is 62.0. The van der Waals surface area contributed by atoms with Crippen molar-refractivity contribution in [1.29, 1.82) is 0 Å². The predicted octanol–water partition coefficient (Wildman–Crippen LogP) is 6.40. The number of hydrogen-bond acceptors (Lipinski definition) is 8. The van der Waals surface area contributed by atoms with E-state index in [1.165, 1.54) is 29.4 Å². The first-order valence-corrected chi connectivity index (χ1v) is 15.0. The van der Waals surface area contributed by atoms with Gasteiger partial charge < -0.3 is 5.32 Å². The van der Waals surface area contributed by atoms with Gasteiger partial charge in [0.15, 0.2) is 16.8 Å². The number of nitrogens with one attached hydrogen (secondary N) is 3. The van der Waals surface area contributed by atoms with Crippen molar-refractivity contribution in [2.45, 2.75) is 31.1 Å². The van der Waals surface area contributed by atoms with Crippen molar-refractivity contribution in [3.05, 3.63) is 71.1 Å². The molecule has 0 saturated heterocycles. The average molecular weight is 593 g/mol. The highest BCUT2D eigenvalue weighted by Crippen LogP contribution is 2.42. The van der Waals surface area contributed by atoms with Crippen LogP contribution in [0.1, 0.15) is 25.8 Å². The number of nitrogens with zero attached hydrogens (tertiary/aromatic N) is 3. The molecule has 7 nitrogen and oxygen atoms in total. The third-order valence-corrected chi connectivity index (χ3v) is 8.48. The van der Waals surface area contributed by atoms with Crippen molar-refractivity contribution in [3.63, 3.8) is 0 Å². The van der Waals surface area contributed by atoms with Gasteiger partial charge in [0, 0.05) is 30.3 Å². The number of anilines is 2. The van der Waals surface area contributed by atoms with E-state index in [9.17, 15) is 13.0 Å². The summed E-state index contributed by atoms with van der Waals surface area (Å²) in [6.07, 6.45) is 3.56. The number of thiazole rings is 1. The molecule has 206 valence electrons. The van der Waals surface area contributed by atoms with Gasteiger partial charge in [0.2, 0.25) is 5.95 Å². The summed E-state index contributed by atoms with van der Waals surface area (Å²) >= 11 is 2.92. The minimum atomic E-state index is -2.25. The van der Waals surface area contributed by atoms with E-state index in [0.29, 0.717) is 35.3 Å². The summed E-state index contributed by atoms with van der Waals surface area (Å²) in [6, 6.07) is 8.85. The van der Waals surface area contributed by atoms with E-state index in [1.54, 1.807) is 24.4 Å². The van der Waals surface area contributed by atoms with Crippen molar-refractivity contribution in [2.24, 2.45) is 0 Å². The van der Waals surface area contributed by atoms with Crippen LogP contribution in [-0.2, 0) is 16.4 Å². The molecule has 3 N–H and O–H groups in total. The molecule has 1 unspecified atom stereocenters. The number of aromatic nitrogens is 3. The minimum absolute atomic E-state index is 0.142. The van der Waals surface area contributed by atoms with Crippen LogP contribution in [0.15, 0.2) is 53.6 Å². The third-order valence-electron chi connectivity index (χ3n) is 5.36. The molecule has 0 amide bonds. The summed E-state index contributed by atoms with van der Waals surface area (Å²) in [4.78, 5) is 13.9. The lowest BCUT2D eigenvalue weighted by Gasteiger charge is -2.13. The number of hydrogen-bond donors (Lipinski definition) is 3. The van der Waals surface area contributed by atoms with Crippen LogP contribution < -0.4 is 14.8 Å². The molecule has 0 fully saturated rings. The SMILES string of the molecule is CSNCCNc1nccc(-c2sc(C(C)(C)C)nc2-c2cccc(NS(=O)c3cc(F)ccc3F)c2F)n1. The van der Waals surface area contributed by atoms with Crippen molar-refractivity contribution >= 4 is 45.9 Å². The van der Waals surface area contributed by atoms with Crippen molar-refractivity contribution in [3.8, 4) is 21.8 Å². The fourth-order valence-corrected chi connectivity index (χ4v) is 5.81. The summed E-state index contributed by atoms with van der Waals surface area (Å²) in [7, 11) is -2.25. The second kappa shape index (κ2) is 12.5. The Morgan fingerprint density at radius 1 is 1.05 bits per heavy atom. The molecule has 0 aliphatic heterocycles. The van der Waals surface area contributed by atoms with Gasteiger partial charge in [-0.25, -0.2) is 32.3 Å². The quantitative estimate of drug-likeness (QED) is 0.145. The zero-order chi connectivity index (χ0) is 28.2. The Bertz CT molecular complexity index is 1490. The molecule has 4 aromatic rings. The molecule has 0 radical (unpaired) electrons. The van der Waals surface area contributed by atoms with Crippen LogP contribution in [0.4, 0.5) is 24.8 Å². The van der Waals surface area contributed by atoms with Gasteiger partial charge in [-0.15, -0.1) is 11.3 Å². The molecule has 1 atom stereocenters. The molecule has 0 spiro atoms. The van der Waals surface area contributed by atoms with E-state index in [4.69, 9.17) is 4.98 Å². The van der Waals surface area contributed by atoms with Gasteiger partial charge in [-0.3, -0.25) is 9.44 Å². The Kier molecular flexibility index (Phi) is 9.26. The molecule has 13 heteroatoms. The molecular formula is C26H27F3N6OS3. The maximum Gasteiger partial charge on any atom is 0.223 e. The lowest BCUT2D eigenvalue weighted by molar-refractivity contribution is 0.572. The maximum absolute atomic E-state index is 15.9. The van der Waals surface area contributed by atoms with E-state index in [1.807, 2.05) is 27.0 Å². The van der Waals surface area contributed by atoms with Crippen LogP contribution in [-0.4, -0.2) is 38.5 Å². The highest BCUT2D eigenvalue weighted by Gasteiger charge is 2.26. The summed E-state index contributed by atoms with van der Waals surface area (Å²) in [5, 5.41) is 3.93. The molecule has 2 aromatic carbocycles. The van der Waals surface area contributed by atoms with Gasteiger partial charge in [-0.05, 0) is 42.7 Å². The molecule has 0 bridgehead atoms. The predicted molar refractivity (Wildman–Crippen MR) is 154 cm³/mol. The summed E-state index contributed by atoms with van der Waals surface area (Å²) in [5.74, 6) is -1.93. The summed E-state index contributed by atoms with van der Waals surface area (Å²) in [5.41, 5.74) is 0.615. The molecule has 0 aliphatic rings. The lowest BCUT2D eigenvalue weighted by atomic mass is 9.98. The summed E-state index contributed by atoms with van der Waals surface area (Å²) in [6.45, 7) is 7.35. The lowest BCUT2D eigenvalue weighted by Crippen LogP contribution is -2.17. The first kappa shape index (κ1) is 29.0. The van der Waals surface area contributed by atoms with E-state index in [-0.39, 0.29) is 16.7 Å². The van der Waals surface area contributed by atoms with Gasteiger partial charge in [-0.1, -0.05) is 38.8 Å². The molecule has 0 saturated carbocycles. The first-order chi connectivity index (χ1) is 18.6. The minimum Gasteiger partial charge on any atom is -0.353 e. The monoisotopic (exact) mass is 592 g/mol. The van der Waals surface area contributed by atoms with Crippen molar-refractivity contribution in [1.82, 2.24) is 19.7 Å². The first-order valence-electron chi connectivity index (χ1n) is 11.8. The Balaban J connectivity index is 1.73. The van der Waals surface area contributed by atoms with E-state index in [0.717, 1.165) is 23.2 Å². The zero-order valence-corrected chi connectivity index (χ0v) is 24.1. The standard InChI is InChI=1S/C26H27F3N6OS3/c1-26(2,3)24-34-22(23(38-24)19-10-11-30-25(33-19)31-12-13-32-37-4)16-6-5-7-18(21(16)29)35-39(36)20-14-15(27)8-9-17(20)28/h5-11,14,32,35H,12-13H2,1-4H3,(H,30,31,33). The van der Waals surface area contributed by atoms with Crippen molar-refractivity contribution in [2.75, 3.05) is 29.4 Å². The highest BCUT2D eigenvalue weighted by atomic mass is 32.2. The fourth-order valence-electron chi connectivity index (χ4n) is 3.46. The van der Waals surface area contributed by atoms with Crippen LogP contribution >= 0.6 is 23.3 Å². The Labute approximate surface area is 235 Å². The largest absolute Gasteiger partial charge is 0.353 e. The number of benzene rings is 2. The van der Waals surface area contributed by atoms with Gasteiger partial charge in [-0.2, -0.15) is 0 Å². The molecule has 2 heterocycles. The Morgan fingerprint density at radius 2 is 1.85 bits per heavy atom. The van der Waals surface area contributed by atoms with Crippen LogP contribution in [0.3, 0.4) is 0 Å². The smallest absolute Gasteiger partial charge is 0.223 e. The maximum atomic E-state index is 15.9. The number of rotatable bonds is 10. The van der Waals surface area contributed by atoms with Gasteiger partial charge >= 0.3 is 0 Å². The molecule has 4 rings (SSSR count). The molecule has 39 heavy (non-hydrogen) atoms. The Hall–Kier alpha value is -3.00. The Morgan fingerprint density at radius 3 is 2.59 bits per heavy atom. The van der Waals surface area contributed by atoms with Gasteiger partial charge in [0.25, 0.3) is 0 Å². The van der Waals surface area contributed by atoms with E-state index >= 15 is 4.39 Å². The van der Waals surface area contributed by atoms with Crippen LogP contribution in [0.2, 0.25) is 0 Å². The van der Waals surface area contributed by atoms with Gasteiger partial charge in [0.05, 0.1) is 31.9 Å². The molecular weight excluding hydrogens is 566 g/mol. The normalized spacial score (nSPS) is 12.4. The third kappa shape index (κ3) is 6.96. The second-order valence-electron chi connectivity index (χ2n) is 9.35. The van der Waals surface area contributed by atoms with Crippen LogP contribution in [0, 0.1) is 17.5 Å². The number of halogens is 3. The van der Waals surface area contributed by atoms with Crippen molar-refractivity contribution < 1.29 is 17.4 Å². The average Bonchev–Trinajstić information content (AvgIpc) is 3.35. The molecule has 2 aromatic heterocycles. The van der Waals surface area contributed by atoms with Crippen LogP contribution in [0.5, 0.6) is 0 Å². The topological polar surface area (TPSA) is 91.8 Å². The fraction of sp³-hybridized carbons (Fsp3) is 0.269. The van der Waals surface area contributed by atoms with Gasteiger partial charge in [0.1, 0.15) is 11.6 Å². The highest BCUT2D eigenvalue weighted by molar-refractivity contribution is 7.96.